The highest BCUT2D eigenvalue weighted by Crippen LogP contribution is 2.28. The molecule has 104 valence electrons. The Labute approximate surface area is 118 Å². The van der Waals surface area contributed by atoms with Crippen molar-refractivity contribution in [3.05, 3.63) is 58.7 Å². The van der Waals surface area contributed by atoms with E-state index >= 15 is 0 Å². The first kappa shape index (κ1) is 14.3. The Hall–Kier alpha value is -2.08. The molecule has 0 atom stereocenters. The molecule has 0 unspecified atom stereocenters. The molecule has 0 bridgehead atoms. The molecule has 3 nitrogen and oxygen atoms in total. The average molecular weight is 300 g/mol. The summed E-state index contributed by atoms with van der Waals surface area (Å²) in [6.45, 7) is 0. The van der Waals surface area contributed by atoms with Gasteiger partial charge in [0.05, 0.1) is 11.8 Å². The van der Waals surface area contributed by atoms with Crippen LogP contribution >= 0.6 is 11.6 Å². The number of pyridine rings is 1. The van der Waals surface area contributed by atoms with Crippen molar-refractivity contribution in [3.63, 3.8) is 0 Å². The molecule has 20 heavy (non-hydrogen) atoms. The molecule has 0 aliphatic rings. The van der Waals surface area contributed by atoms with Gasteiger partial charge in [0.1, 0.15) is 5.82 Å². The van der Waals surface area contributed by atoms with Crippen LogP contribution in [0.15, 0.2) is 47.7 Å². The summed E-state index contributed by atoms with van der Waals surface area (Å²) in [6, 6.07) is 9.12. The Bertz CT molecular complexity index is 609. The van der Waals surface area contributed by atoms with Gasteiger partial charge in [0.25, 0.3) is 0 Å². The minimum Gasteiger partial charge on any atom is -0.261 e. The third kappa shape index (κ3) is 3.96. The average Bonchev–Trinajstić information content (AvgIpc) is 2.38. The van der Waals surface area contributed by atoms with Gasteiger partial charge in [0.2, 0.25) is 0 Å². The van der Waals surface area contributed by atoms with Crippen molar-refractivity contribution in [1.29, 1.82) is 0 Å². The van der Waals surface area contributed by atoms with Crippen LogP contribution in [-0.4, -0.2) is 11.2 Å². The SMILES string of the molecule is FC(F)(F)c1ccc(N/N=C/c2cccc(Cl)c2)nc1. The molecule has 0 amide bonds. The lowest BCUT2D eigenvalue weighted by Gasteiger charge is -2.06. The summed E-state index contributed by atoms with van der Waals surface area (Å²) in [5.74, 6) is 0.219. The number of nitrogens with zero attached hydrogens (tertiary/aromatic N) is 2. The normalized spacial score (nSPS) is 11.8. The molecule has 0 saturated heterocycles. The standard InChI is InChI=1S/C13H9ClF3N3/c14-11-3-1-2-9(6-11)7-19-20-12-5-4-10(8-18-12)13(15,16)17/h1-8H,(H,18,20)/b19-7+. The number of nitrogens with one attached hydrogen (secondary N) is 1. The van der Waals surface area contributed by atoms with Gasteiger partial charge in [-0.25, -0.2) is 4.98 Å². The lowest BCUT2D eigenvalue weighted by atomic mass is 10.2. The molecule has 0 radical (unpaired) electrons. The fourth-order valence-corrected chi connectivity index (χ4v) is 1.59. The van der Waals surface area contributed by atoms with E-state index in [0.29, 0.717) is 5.02 Å². The Morgan fingerprint density at radius 2 is 2.00 bits per heavy atom. The van der Waals surface area contributed by atoms with E-state index in [2.05, 4.69) is 15.5 Å². The van der Waals surface area contributed by atoms with Gasteiger partial charge in [-0.05, 0) is 29.8 Å². The van der Waals surface area contributed by atoms with Crippen molar-refractivity contribution in [1.82, 2.24) is 4.98 Å². The highest BCUT2D eigenvalue weighted by atomic mass is 35.5. The van der Waals surface area contributed by atoms with Crippen LogP contribution in [0.2, 0.25) is 5.02 Å². The number of hydrogen-bond acceptors (Lipinski definition) is 3. The number of alkyl halides is 3. The molecule has 1 aromatic heterocycles. The van der Waals surface area contributed by atoms with E-state index in [9.17, 15) is 13.2 Å². The van der Waals surface area contributed by atoms with Crippen LogP contribution in [0, 0.1) is 0 Å². The van der Waals surface area contributed by atoms with Gasteiger partial charge in [0, 0.05) is 11.2 Å². The van der Waals surface area contributed by atoms with Crippen LogP contribution in [0.5, 0.6) is 0 Å². The predicted octanol–water partition coefficient (Wildman–Crippen LogP) is 4.20. The molecule has 0 saturated carbocycles. The molecule has 0 aliphatic carbocycles. The molecule has 2 aromatic rings. The van der Waals surface area contributed by atoms with E-state index in [1.165, 1.54) is 12.3 Å². The van der Waals surface area contributed by atoms with Crippen LogP contribution in [0.25, 0.3) is 0 Å². The fraction of sp³-hybridized carbons (Fsp3) is 0.0769. The molecule has 1 heterocycles. The monoisotopic (exact) mass is 299 g/mol. The highest BCUT2D eigenvalue weighted by Gasteiger charge is 2.30. The Morgan fingerprint density at radius 3 is 2.60 bits per heavy atom. The van der Waals surface area contributed by atoms with Crippen molar-refractivity contribution in [3.8, 4) is 0 Å². The highest BCUT2D eigenvalue weighted by molar-refractivity contribution is 6.30. The van der Waals surface area contributed by atoms with Crippen molar-refractivity contribution in [2.75, 3.05) is 5.43 Å². The summed E-state index contributed by atoms with van der Waals surface area (Å²) < 4.78 is 37.0. The maximum absolute atomic E-state index is 12.3. The van der Waals surface area contributed by atoms with E-state index in [1.54, 1.807) is 24.3 Å². The second-order valence-corrected chi connectivity index (χ2v) is 4.29. The van der Waals surface area contributed by atoms with Crippen molar-refractivity contribution < 1.29 is 13.2 Å². The van der Waals surface area contributed by atoms with Gasteiger partial charge in [-0.1, -0.05) is 23.7 Å². The lowest BCUT2D eigenvalue weighted by Crippen LogP contribution is -2.05. The number of benzene rings is 1. The fourth-order valence-electron chi connectivity index (χ4n) is 1.39. The minimum absolute atomic E-state index is 0.219. The number of hydrogen-bond donors (Lipinski definition) is 1. The molecule has 0 spiro atoms. The molecule has 1 N–H and O–H groups in total. The molecule has 2 rings (SSSR count). The van der Waals surface area contributed by atoms with Crippen LogP contribution in [0.4, 0.5) is 19.0 Å². The van der Waals surface area contributed by atoms with Crippen molar-refractivity contribution >= 4 is 23.6 Å². The van der Waals surface area contributed by atoms with Gasteiger partial charge < -0.3 is 0 Å². The largest absolute Gasteiger partial charge is 0.417 e. The third-order valence-electron chi connectivity index (χ3n) is 2.33. The third-order valence-corrected chi connectivity index (χ3v) is 2.57. The first-order valence-electron chi connectivity index (χ1n) is 5.53. The van der Waals surface area contributed by atoms with Crippen LogP contribution in [0.3, 0.4) is 0 Å². The topological polar surface area (TPSA) is 37.3 Å². The van der Waals surface area contributed by atoms with E-state index in [4.69, 9.17) is 11.6 Å². The Balaban J connectivity index is 2.01. The van der Waals surface area contributed by atoms with Crippen molar-refractivity contribution in [2.24, 2.45) is 5.10 Å². The van der Waals surface area contributed by atoms with E-state index in [1.807, 2.05) is 0 Å². The molecular weight excluding hydrogens is 291 g/mol. The van der Waals surface area contributed by atoms with Crippen LogP contribution in [0.1, 0.15) is 11.1 Å². The number of hydrazone groups is 1. The van der Waals surface area contributed by atoms with Crippen LogP contribution in [-0.2, 0) is 6.18 Å². The van der Waals surface area contributed by atoms with Gasteiger partial charge in [-0.2, -0.15) is 18.3 Å². The van der Waals surface area contributed by atoms with Crippen molar-refractivity contribution in [2.45, 2.75) is 6.18 Å². The maximum Gasteiger partial charge on any atom is 0.417 e. The summed E-state index contributed by atoms with van der Waals surface area (Å²) in [7, 11) is 0. The molecule has 7 heteroatoms. The van der Waals surface area contributed by atoms with Crippen LogP contribution < -0.4 is 5.43 Å². The number of halogens is 4. The van der Waals surface area contributed by atoms with E-state index < -0.39 is 11.7 Å². The Morgan fingerprint density at radius 1 is 1.20 bits per heavy atom. The van der Waals surface area contributed by atoms with Gasteiger partial charge in [-0.3, -0.25) is 5.43 Å². The number of anilines is 1. The predicted molar refractivity (Wildman–Crippen MR) is 71.9 cm³/mol. The summed E-state index contributed by atoms with van der Waals surface area (Å²) in [5.41, 5.74) is 2.50. The Kier molecular flexibility index (Phi) is 4.24. The number of rotatable bonds is 3. The molecular formula is C13H9ClF3N3. The molecule has 0 aliphatic heterocycles. The van der Waals surface area contributed by atoms with Gasteiger partial charge in [0.15, 0.2) is 0 Å². The number of aromatic nitrogens is 1. The first-order chi connectivity index (χ1) is 9.45. The van der Waals surface area contributed by atoms with E-state index in [0.717, 1.165) is 17.8 Å². The second kappa shape index (κ2) is 5.92. The zero-order chi connectivity index (χ0) is 14.6. The quantitative estimate of drug-likeness (QED) is 0.681. The zero-order valence-corrected chi connectivity index (χ0v) is 10.8. The molecule has 1 aromatic carbocycles. The maximum atomic E-state index is 12.3. The summed E-state index contributed by atoms with van der Waals surface area (Å²) in [4.78, 5) is 3.62. The lowest BCUT2D eigenvalue weighted by molar-refractivity contribution is -0.137. The van der Waals surface area contributed by atoms with Gasteiger partial charge >= 0.3 is 6.18 Å². The first-order valence-corrected chi connectivity index (χ1v) is 5.91. The zero-order valence-electron chi connectivity index (χ0n) is 10.0. The minimum atomic E-state index is -4.39. The molecule has 0 fully saturated rings. The van der Waals surface area contributed by atoms with E-state index in [-0.39, 0.29) is 5.82 Å². The summed E-state index contributed by atoms with van der Waals surface area (Å²) >= 11 is 5.80. The summed E-state index contributed by atoms with van der Waals surface area (Å²) in [6.07, 6.45) is -2.15. The second-order valence-electron chi connectivity index (χ2n) is 3.85. The van der Waals surface area contributed by atoms with Gasteiger partial charge in [-0.15, -0.1) is 0 Å². The summed E-state index contributed by atoms with van der Waals surface area (Å²) in [5, 5.41) is 4.44. The smallest absolute Gasteiger partial charge is 0.261 e.